The highest BCUT2D eigenvalue weighted by molar-refractivity contribution is 9.10. The number of rotatable bonds is 6. The maximum Gasteiger partial charge on any atom is 0.352 e. The normalized spacial score (nSPS) is 11.5. The van der Waals surface area contributed by atoms with E-state index < -0.39 is 34.9 Å². The van der Waals surface area contributed by atoms with Crippen molar-refractivity contribution in [3.05, 3.63) is 83.9 Å². The highest BCUT2D eigenvalue weighted by atomic mass is 79.9. The molecule has 0 aliphatic carbocycles. The van der Waals surface area contributed by atoms with Gasteiger partial charge in [0.15, 0.2) is 5.69 Å². The predicted octanol–water partition coefficient (Wildman–Crippen LogP) is 4.38. The summed E-state index contributed by atoms with van der Waals surface area (Å²) in [6.45, 7) is 2.91. The van der Waals surface area contributed by atoms with Crippen LogP contribution in [0, 0.1) is 25.2 Å². The molecular formula is C21H15BrF4N4O3. The number of aryl methyl sites for hydroxylation is 2. The van der Waals surface area contributed by atoms with Gasteiger partial charge in [0, 0.05) is 15.7 Å². The third-order valence-electron chi connectivity index (χ3n) is 4.63. The van der Waals surface area contributed by atoms with Gasteiger partial charge >= 0.3 is 12.3 Å². The van der Waals surface area contributed by atoms with Crippen molar-refractivity contribution in [2.24, 2.45) is 0 Å². The van der Waals surface area contributed by atoms with Gasteiger partial charge in [0.2, 0.25) is 5.75 Å². The number of ether oxygens (including phenoxy) is 1. The van der Waals surface area contributed by atoms with Crippen molar-refractivity contribution in [1.82, 2.24) is 14.5 Å². The number of hydrogen-bond donors (Lipinski definition) is 1. The van der Waals surface area contributed by atoms with Gasteiger partial charge in [0.25, 0.3) is 11.1 Å². The van der Waals surface area contributed by atoms with Gasteiger partial charge in [-0.1, -0.05) is 15.9 Å². The monoisotopic (exact) mass is 526 g/mol. The molecule has 0 saturated carbocycles. The molecule has 3 rings (SSSR count). The first-order chi connectivity index (χ1) is 15.4. The second-order valence-corrected chi connectivity index (χ2v) is 8.03. The lowest BCUT2D eigenvalue weighted by Crippen LogP contribution is -2.32. The number of nitrogens with one attached hydrogen (secondary N) is 1. The Morgan fingerprint density at radius 3 is 2.55 bits per heavy atom. The summed E-state index contributed by atoms with van der Waals surface area (Å²) in [6, 6.07) is 7.27. The Balaban J connectivity index is 2.19. The Morgan fingerprint density at radius 1 is 1.24 bits per heavy atom. The second-order valence-electron chi connectivity index (χ2n) is 7.11. The molecule has 12 heteroatoms. The van der Waals surface area contributed by atoms with Gasteiger partial charge in [-0.15, -0.1) is 0 Å². The Hall–Kier alpha value is -3.46. The summed E-state index contributed by atoms with van der Waals surface area (Å²) in [7, 11) is 0. The van der Waals surface area contributed by atoms with Crippen molar-refractivity contribution in [3.63, 3.8) is 0 Å². The minimum absolute atomic E-state index is 0.0626. The van der Waals surface area contributed by atoms with Crippen molar-refractivity contribution in [3.8, 4) is 17.6 Å². The molecule has 172 valence electrons. The van der Waals surface area contributed by atoms with Crippen LogP contribution < -0.4 is 15.9 Å². The molecule has 0 aliphatic rings. The summed E-state index contributed by atoms with van der Waals surface area (Å²) >= 11 is 3.11. The van der Waals surface area contributed by atoms with Crippen molar-refractivity contribution in [2.75, 3.05) is 0 Å². The number of alkyl halides is 4. The number of hydrogen-bond acceptors (Lipinski definition) is 5. The number of nitrogens with zero attached hydrogens (tertiary/aromatic N) is 3. The SMILES string of the molecule is Cc1cc(C)c(Cn2cnc(C(F)(F)C(F)F)c(Oc3cc(Br)cc(C#N)c3)c2=O)c(=O)[nH]1. The first-order valence-corrected chi connectivity index (χ1v) is 10.1. The summed E-state index contributed by atoms with van der Waals surface area (Å²) in [5.74, 6) is -6.17. The van der Waals surface area contributed by atoms with E-state index in [2.05, 4.69) is 25.9 Å². The van der Waals surface area contributed by atoms with Gasteiger partial charge < -0.3 is 9.72 Å². The number of nitriles is 1. The zero-order chi connectivity index (χ0) is 24.5. The van der Waals surface area contributed by atoms with E-state index in [1.807, 2.05) is 6.07 Å². The molecule has 3 aromatic rings. The van der Waals surface area contributed by atoms with Crippen LogP contribution >= 0.6 is 15.9 Å². The van der Waals surface area contributed by atoms with Crippen molar-refractivity contribution >= 4 is 15.9 Å². The summed E-state index contributed by atoms with van der Waals surface area (Å²) in [5, 5.41) is 9.09. The lowest BCUT2D eigenvalue weighted by atomic mass is 10.1. The van der Waals surface area contributed by atoms with Crippen LogP contribution in [0.1, 0.15) is 28.1 Å². The molecule has 0 amide bonds. The summed E-state index contributed by atoms with van der Waals surface area (Å²) in [5.41, 5.74) is -1.96. The minimum atomic E-state index is -4.80. The van der Waals surface area contributed by atoms with Crippen molar-refractivity contribution < 1.29 is 22.3 Å². The lowest BCUT2D eigenvalue weighted by Gasteiger charge is -2.19. The molecule has 1 N–H and O–H groups in total. The Kier molecular flexibility index (Phi) is 6.73. The third-order valence-corrected chi connectivity index (χ3v) is 5.09. The Labute approximate surface area is 192 Å². The quantitative estimate of drug-likeness (QED) is 0.480. The van der Waals surface area contributed by atoms with E-state index in [4.69, 9.17) is 10.00 Å². The van der Waals surface area contributed by atoms with Crippen molar-refractivity contribution in [1.29, 1.82) is 5.26 Å². The molecule has 0 fully saturated rings. The fourth-order valence-electron chi connectivity index (χ4n) is 3.07. The topological polar surface area (TPSA) is 101 Å². The van der Waals surface area contributed by atoms with Gasteiger partial charge in [0.05, 0.1) is 24.5 Å². The molecule has 0 bridgehead atoms. The maximum absolute atomic E-state index is 14.2. The second kappa shape index (κ2) is 9.19. The van der Waals surface area contributed by atoms with Gasteiger partial charge in [-0.2, -0.15) is 14.0 Å². The first kappa shape index (κ1) is 24.2. The molecule has 33 heavy (non-hydrogen) atoms. The van der Waals surface area contributed by atoms with E-state index in [0.29, 0.717) is 22.1 Å². The number of pyridine rings is 1. The van der Waals surface area contributed by atoms with Gasteiger partial charge in [-0.05, 0) is 43.7 Å². The maximum atomic E-state index is 14.2. The van der Waals surface area contributed by atoms with Gasteiger partial charge in [-0.3, -0.25) is 14.2 Å². The van der Waals surface area contributed by atoms with E-state index in [0.717, 1.165) is 10.6 Å². The summed E-state index contributed by atoms with van der Waals surface area (Å²) in [4.78, 5) is 31.3. The fourth-order valence-corrected chi connectivity index (χ4v) is 3.54. The zero-order valence-electron chi connectivity index (χ0n) is 17.1. The molecule has 0 atom stereocenters. The van der Waals surface area contributed by atoms with Crippen LogP contribution in [0.2, 0.25) is 0 Å². The zero-order valence-corrected chi connectivity index (χ0v) is 18.7. The molecule has 7 nitrogen and oxygen atoms in total. The van der Waals surface area contributed by atoms with E-state index in [1.165, 1.54) is 12.1 Å². The fraction of sp³-hybridized carbons (Fsp3) is 0.238. The van der Waals surface area contributed by atoms with Crippen LogP contribution in [0.25, 0.3) is 0 Å². The standard InChI is InChI=1S/C21H15BrF4N4O3/c1-10-3-11(2)29-18(31)15(10)8-30-9-28-17(21(25,26)20(23)24)16(19(30)32)33-14-5-12(7-27)4-13(22)6-14/h3-6,9,20H,8H2,1-2H3,(H,29,31). The average Bonchev–Trinajstić information content (AvgIpc) is 2.72. The van der Waals surface area contributed by atoms with Crippen molar-refractivity contribution in [2.45, 2.75) is 32.7 Å². The molecule has 2 aromatic heterocycles. The van der Waals surface area contributed by atoms with Crippen LogP contribution in [-0.4, -0.2) is 21.0 Å². The Morgan fingerprint density at radius 2 is 1.94 bits per heavy atom. The Bertz CT molecular complexity index is 1380. The highest BCUT2D eigenvalue weighted by Crippen LogP contribution is 2.38. The smallest absolute Gasteiger partial charge is 0.352 e. The number of halogens is 5. The highest BCUT2D eigenvalue weighted by Gasteiger charge is 2.48. The number of aromatic nitrogens is 3. The molecule has 0 radical (unpaired) electrons. The summed E-state index contributed by atoms with van der Waals surface area (Å²) in [6.07, 6.45) is -3.51. The molecule has 2 heterocycles. The van der Waals surface area contributed by atoms with Gasteiger partial charge in [-0.25, -0.2) is 13.8 Å². The number of H-pyrrole nitrogens is 1. The number of aromatic amines is 1. The van der Waals surface area contributed by atoms with Crippen LogP contribution in [-0.2, 0) is 12.5 Å². The minimum Gasteiger partial charge on any atom is -0.449 e. The molecule has 0 saturated heterocycles. The lowest BCUT2D eigenvalue weighted by molar-refractivity contribution is -0.139. The van der Waals surface area contributed by atoms with E-state index in [-0.39, 0.29) is 23.4 Å². The number of benzene rings is 1. The molecular weight excluding hydrogens is 512 g/mol. The third kappa shape index (κ3) is 4.98. The summed E-state index contributed by atoms with van der Waals surface area (Å²) < 4.78 is 61.0. The van der Waals surface area contributed by atoms with Crippen LogP contribution in [0.4, 0.5) is 17.6 Å². The van der Waals surface area contributed by atoms with E-state index in [1.54, 1.807) is 19.9 Å². The van der Waals surface area contributed by atoms with Crippen LogP contribution in [0.15, 0.2) is 44.7 Å². The predicted molar refractivity (Wildman–Crippen MR) is 113 cm³/mol. The van der Waals surface area contributed by atoms with E-state index >= 15 is 0 Å². The molecule has 1 aromatic carbocycles. The van der Waals surface area contributed by atoms with Gasteiger partial charge in [0.1, 0.15) is 5.75 Å². The van der Waals surface area contributed by atoms with Crippen LogP contribution in [0.5, 0.6) is 11.5 Å². The molecule has 0 unspecified atom stereocenters. The largest absolute Gasteiger partial charge is 0.449 e. The molecule has 0 aliphatic heterocycles. The van der Waals surface area contributed by atoms with Crippen LogP contribution in [0.3, 0.4) is 0 Å². The van der Waals surface area contributed by atoms with E-state index in [9.17, 15) is 27.2 Å². The first-order valence-electron chi connectivity index (χ1n) is 9.27. The molecule has 0 spiro atoms. The average molecular weight is 527 g/mol.